The minimum Gasteiger partial charge on any atom is -0.396 e. The molecule has 164 valence electrons. The van der Waals surface area contributed by atoms with Crippen molar-refractivity contribution in [2.45, 2.75) is 80.6 Å². The topological polar surface area (TPSA) is 56.0 Å². The summed E-state index contributed by atoms with van der Waals surface area (Å²) in [6.45, 7) is 21.8. The van der Waals surface area contributed by atoms with E-state index < -0.39 is 0 Å². The van der Waals surface area contributed by atoms with Gasteiger partial charge in [-0.2, -0.15) is 0 Å². The average Bonchev–Trinajstić information content (AvgIpc) is 2.66. The largest absolute Gasteiger partial charge is 0.396 e. The number of aromatic nitrogens is 1. The molecule has 0 aliphatic carbocycles. The molecule has 1 rings (SSSR count). The molecule has 2 N–H and O–H groups in total. The smallest absolute Gasteiger partial charge is 0.126 e. The molecule has 0 fully saturated rings. The Kier molecular flexibility index (Phi) is 17.2. The number of unbranched alkanes of at least 4 members (excludes halogenated alkanes) is 1. The molecule has 4 heteroatoms. The van der Waals surface area contributed by atoms with Gasteiger partial charge >= 0.3 is 0 Å². The van der Waals surface area contributed by atoms with E-state index in [2.05, 4.69) is 51.9 Å². The Morgan fingerprint density at radius 1 is 1.21 bits per heavy atom. The summed E-state index contributed by atoms with van der Waals surface area (Å²) in [7, 11) is 0. The number of hydrogen-bond acceptors (Lipinski definition) is 3. The molecule has 0 radical (unpaired) electrons. The molecule has 1 aromatic heterocycles. The van der Waals surface area contributed by atoms with Gasteiger partial charge in [0, 0.05) is 11.8 Å². The lowest BCUT2D eigenvalue weighted by Gasteiger charge is -2.13. The van der Waals surface area contributed by atoms with Crippen LogP contribution in [0.1, 0.15) is 86.1 Å². The fourth-order valence-corrected chi connectivity index (χ4v) is 2.43. The SMILES string of the molecule is C=C(C)C(=C)/C(=C\CC)c1cncc(N)c1Cl.CC(C)=O.CCCCC(C)CC. The van der Waals surface area contributed by atoms with Crippen molar-refractivity contribution in [2.75, 3.05) is 5.73 Å². The van der Waals surface area contributed by atoms with Crippen molar-refractivity contribution < 1.29 is 4.79 Å². The van der Waals surface area contributed by atoms with Gasteiger partial charge in [-0.05, 0) is 44.3 Å². The molecule has 0 aliphatic rings. The Labute approximate surface area is 184 Å². The summed E-state index contributed by atoms with van der Waals surface area (Å²) >= 11 is 6.20. The summed E-state index contributed by atoms with van der Waals surface area (Å²) in [4.78, 5) is 13.5. The number of carbonyl (C=O) groups is 1. The molecular formula is C25H41ClN2O. The Hall–Kier alpha value is -1.87. The molecule has 0 saturated heterocycles. The van der Waals surface area contributed by atoms with Gasteiger partial charge in [0.2, 0.25) is 0 Å². The molecule has 1 heterocycles. The maximum absolute atomic E-state index is 9.44. The summed E-state index contributed by atoms with van der Waals surface area (Å²) < 4.78 is 0. The van der Waals surface area contributed by atoms with Crippen LogP contribution >= 0.6 is 11.6 Å². The van der Waals surface area contributed by atoms with Crippen LogP contribution < -0.4 is 5.73 Å². The third-order valence-electron chi connectivity index (χ3n) is 4.19. The lowest BCUT2D eigenvalue weighted by atomic mass is 9.95. The standard InChI is InChI=1S/C14H17ClN2.C8H18.C3H6O/c1-5-6-11(10(4)9(2)3)12-7-17-8-13(16)14(12)15;1-4-6-7-8(3)5-2;1-3(2)4/h6-8H,2,4-5,16H2,1,3H3;8H,4-7H2,1-3H3;1-2H3/b11-6+;;. The normalized spacial score (nSPS) is 11.4. The number of nitrogens with zero attached hydrogens (tertiary/aromatic N) is 1. The van der Waals surface area contributed by atoms with Crippen molar-refractivity contribution in [2.24, 2.45) is 5.92 Å². The van der Waals surface area contributed by atoms with Crippen molar-refractivity contribution in [3.05, 3.63) is 53.4 Å². The maximum atomic E-state index is 9.44. The number of nitrogen functional groups attached to an aromatic ring is 1. The summed E-state index contributed by atoms with van der Waals surface area (Å²) in [5, 5.41) is 0.516. The highest BCUT2D eigenvalue weighted by Crippen LogP contribution is 2.33. The monoisotopic (exact) mass is 420 g/mol. The number of ketones is 1. The molecule has 0 aliphatic heterocycles. The number of nitrogens with two attached hydrogens (primary N) is 1. The van der Waals surface area contributed by atoms with Crippen LogP contribution in [0.5, 0.6) is 0 Å². The highest BCUT2D eigenvalue weighted by molar-refractivity contribution is 6.35. The first kappa shape index (κ1) is 29.3. The molecule has 1 unspecified atom stereocenters. The molecule has 3 nitrogen and oxygen atoms in total. The molecular weight excluding hydrogens is 380 g/mol. The maximum Gasteiger partial charge on any atom is 0.126 e. The predicted molar refractivity (Wildman–Crippen MR) is 131 cm³/mol. The number of allylic oxidation sites excluding steroid dienone is 4. The van der Waals surface area contributed by atoms with Crippen molar-refractivity contribution in [1.29, 1.82) is 0 Å². The lowest BCUT2D eigenvalue weighted by Crippen LogP contribution is -1.96. The lowest BCUT2D eigenvalue weighted by molar-refractivity contribution is -0.114. The fourth-order valence-electron chi connectivity index (χ4n) is 2.24. The highest BCUT2D eigenvalue weighted by Gasteiger charge is 2.12. The molecule has 0 saturated carbocycles. The third kappa shape index (κ3) is 13.9. The summed E-state index contributed by atoms with van der Waals surface area (Å²) in [6, 6.07) is 0. The molecule has 0 aromatic carbocycles. The zero-order chi connectivity index (χ0) is 23.0. The molecule has 0 spiro atoms. The second kappa shape index (κ2) is 17.0. The van der Waals surface area contributed by atoms with Gasteiger partial charge in [-0.3, -0.25) is 4.98 Å². The van der Waals surface area contributed by atoms with E-state index in [9.17, 15) is 4.79 Å². The first-order valence-corrected chi connectivity index (χ1v) is 10.8. The van der Waals surface area contributed by atoms with Gasteiger partial charge in [0.25, 0.3) is 0 Å². The van der Waals surface area contributed by atoms with Crippen LogP contribution in [0.15, 0.2) is 42.8 Å². The molecule has 1 aromatic rings. The molecule has 29 heavy (non-hydrogen) atoms. The zero-order valence-corrected chi connectivity index (χ0v) is 20.3. The van der Waals surface area contributed by atoms with Crippen LogP contribution in [0, 0.1) is 5.92 Å². The van der Waals surface area contributed by atoms with Gasteiger partial charge in [-0.1, -0.05) is 89.8 Å². The number of halogens is 1. The number of hydrogen-bond donors (Lipinski definition) is 1. The highest BCUT2D eigenvalue weighted by atomic mass is 35.5. The average molecular weight is 421 g/mol. The number of carbonyl (C=O) groups excluding carboxylic acids is 1. The Morgan fingerprint density at radius 2 is 1.76 bits per heavy atom. The second-order valence-electron chi connectivity index (χ2n) is 7.44. The Bertz CT molecular complexity index is 673. The zero-order valence-electron chi connectivity index (χ0n) is 19.6. The van der Waals surface area contributed by atoms with Gasteiger partial charge in [-0.25, -0.2) is 0 Å². The quantitative estimate of drug-likeness (QED) is 0.432. The summed E-state index contributed by atoms with van der Waals surface area (Å²) in [5.74, 6) is 1.12. The van der Waals surface area contributed by atoms with Crippen LogP contribution in [0.3, 0.4) is 0 Å². The van der Waals surface area contributed by atoms with Crippen LogP contribution in [0.2, 0.25) is 5.02 Å². The van der Waals surface area contributed by atoms with Gasteiger partial charge in [0.1, 0.15) is 5.78 Å². The van der Waals surface area contributed by atoms with E-state index in [1.54, 1.807) is 12.4 Å². The van der Waals surface area contributed by atoms with E-state index in [-0.39, 0.29) is 5.78 Å². The third-order valence-corrected chi connectivity index (χ3v) is 4.62. The number of rotatable bonds is 8. The van der Waals surface area contributed by atoms with Gasteiger partial charge in [0.15, 0.2) is 0 Å². The number of pyridine rings is 1. The van der Waals surface area contributed by atoms with Crippen LogP contribution in [-0.2, 0) is 4.79 Å². The van der Waals surface area contributed by atoms with Gasteiger partial charge in [0.05, 0.1) is 16.9 Å². The molecule has 0 bridgehead atoms. The summed E-state index contributed by atoms with van der Waals surface area (Å²) in [5.41, 5.74) is 9.75. The minimum atomic E-state index is 0.167. The number of Topliss-reactive ketones (excluding diaryl/α,β-unsaturated/α-hetero) is 1. The molecule has 0 amide bonds. The van der Waals surface area contributed by atoms with Crippen LogP contribution in [0.25, 0.3) is 5.57 Å². The van der Waals surface area contributed by atoms with E-state index in [0.29, 0.717) is 10.7 Å². The van der Waals surface area contributed by atoms with Crippen LogP contribution in [-0.4, -0.2) is 10.8 Å². The van der Waals surface area contributed by atoms with Crippen molar-refractivity contribution in [3.63, 3.8) is 0 Å². The Morgan fingerprint density at radius 3 is 2.17 bits per heavy atom. The van der Waals surface area contributed by atoms with Crippen LogP contribution in [0.4, 0.5) is 5.69 Å². The first-order valence-electron chi connectivity index (χ1n) is 10.4. The summed E-state index contributed by atoms with van der Waals surface area (Å²) in [6.07, 6.45) is 11.7. The number of anilines is 1. The molecule has 1 atom stereocenters. The first-order chi connectivity index (χ1) is 13.5. The van der Waals surface area contributed by atoms with E-state index in [1.807, 2.05) is 6.92 Å². The predicted octanol–water partition coefficient (Wildman–Crippen LogP) is 8.06. The van der Waals surface area contributed by atoms with E-state index in [4.69, 9.17) is 17.3 Å². The Balaban J connectivity index is 0. The van der Waals surface area contributed by atoms with Crippen molar-refractivity contribution >= 4 is 28.6 Å². The van der Waals surface area contributed by atoms with Gasteiger partial charge < -0.3 is 10.5 Å². The van der Waals surface area contributed by atoms with E-state index >= 15 is 0 Å². The van der Waals surface area contributed by atoms with E-state index in [0.717, 1.165) is 34.6 Å². The fraction of sp³-hybridized carbons (Fsp3) is 0.520. The minimum absolute atomic E-state index is 0.167. The van der Waals surface area contributed by atoms with Crippen molar-refractivity contribution in [3.8, 4) is 0 Å². The van der Waals surface area contributed by atoms with Gasteiger partial charge in [-0.15, -0.1) is 0 Å². The second-order valence-corrected chi connectivity index (χ2v) is 7.82. The van der Waals surface area contributed by atoms with Crippen molar-refractivity contribution in [1.82, 2.24) is 4.98 Å². The van der Waals surface area contributed by atoms with E-state index in [1.165, 1.54) is 39.5 Å².